The van der Waals surface area contributed by atoms with Crippen molar-refractivity contribution in [3.63, 3.8) is 0 Å². The summed E-state index contributed by atoms with van der Waals surface area (Å²) in [5.41, 5.74) is 2.83. The molecule has 0 saturated carbocycles. The number of nitrogens with one attached hydrogen (secondary N) is 1. The van der Waals surface area contributed by atoms with Crippen LogP contribution in [0.1, 0.15) is 11.1 Å². The molecule has 0 saturated heterocycles. The molecule has 0 unspecified atom stereocenters. The van der Waals surface area contributed by atoms with Crippen molar-refractivity contribution in [2.45, 2.75) is 13.3 Å². The molecule has 7 heteroatoms. The van der Waals surface area contributed by atoms with Gasteiger partial charge in [0.1, 0.15) is 12.1 Å². The van der Waals surface area contributed by atoms with E-state index in [1.54, 1.807) is 59.7 Å². The molecule has 0 fully saturated rings. The fraction of sp³-hybridized carbons (Fsp3) is 0.0909. The molecule has 2 aromatic carbocycles. The SMILES string of the molecule is Cc1cccc(CC(=O)Nc2ccc(Oc3ccc(-n4ccnc4)nn3)cc2)c1. The summed E-state index contributed by atoms with van der Waals surface area (Å²) < 4.78 is 7.46. The van der Waals surface area contributed by atoms with Gasteiger partial charge in [0.05, 0.1) is 6.42 Å². The Morgan fingerprint density at radius 1 is 1.07 bits per heavy atom. The number of aryl methyl sites for hydroxylation is 1. The van der Waals surface area contributed by atoms with Crippen LogP contribution in [0.5, 0.6) is 11.6 Å². The molecule has 0 aliphatic rings. The van der Waals surface area contributed by atoms with Crippen LogP contribution in [0.2, 0.25) is 0 Å². The van der Waals surface area contributed by atoms with Gasteiger partial charge in [-0.3, -0.25) is 9.36 Å². The summed E-state index contributed by atoms with van der Waals surface area (Å²) in [5.74, 6) is 1.57. The molecular formula is C22H19N5O2. The number of hydrogen-bond donors (Lipinski definition) is 1. The lowest BCUT2D eigenvalue weighted by Gasteiger charge is -2.08. The summed E-state index contributed by atoms with van der Waals surface area (Å²) >= 11 is 0. The van der Waals surface area contributed by atoms with Crippen molar-refractivity contribution in [3.05, 3.63) is 90.5 Å². The Balaban J connectivity index is 1.34. The number of benzene rings is 2. The first-order chi connectivity index (χ1) is 14.2. The Hall–Kier alpha value is -4.00. The first kappa shape index (κ1) is 18.4. The van der Waals surface area contributed by atoms with Gasteiger partial charge >= 0.3 is 0 Å². The van der Waals surface area contributed by atoms with Gasteiger partial charge in [0.2, 0.25) is 11.8 Å². The molecule has 2 heterocycles. The van der Waals surface area contributed by atoms with E-state index in [2.05, 4.69) is 20.5 Å². The molecule has 0 spiro atoms. The summed E-state index contributed by atoms with van der Waals surface area (Å²) in [6.45, 7) is 2.01. The Morgan fingerprint density at radius 3 is 2.62 bits per heavy atom. The Labute approximate surface area is 168 Å². The zero-order valence-electron chi connectivity index (χ0n) is 15.8. The van der Waals surface area contributed by atoms with Gasteiger partial charge in [0, 0.05) is 24.1 Å². The van der Waals surface area contributed by atoms with E-state index in [0.29, 0.717) is 29.6 Å². The number of carbonyl (C=O) groups is 1. The molecule has 4 aromatic rings. The van der Waals surface area contributed by atoms with Crippen molar-refractivity contribution >= 4 is 11.6 Å². The molecule has 29 heavy (non-hydrogen) atoms. The second kappa shape index (κ2) is 8.35. The average Bonchev–Trinajstić information content (AvgIpc) is 3.25. The second-order valence-electron chi connectivity index (χ2n) is 6.54. The molecule has 2 aromatic heterocycles. The number of aromatic nitrogens is 4. The lowest BCUT2D eigenvalue weighted by molar-refractivity contribution is -0.115. The van der Waals surface area contributed by atoms with Crippen LogP contribution in [0.25, 0.3) is 5.82 Å². The number of amides is 1. The quantitative estimate of drug-likeness (QED) is 0.544. The highest BCUT2D eigenvalue weighted by molar-refractivity contribution is 5.92. The fourth-order valence-corrected chi connectivity index (χ4v) is 2.84. The third kappa shape index (κ3) is 4.84. The number of rotatable bonds is 6. The average molecular weight is 385 g/mol. The Kier molecular flexibility index (Phi) is 5.29. The maximum absolute atomic E-state index is 12.2. The van der Waals surface area contributed by atoms with Crippen LogP contribution < -0.4 is 10.1 Å². The maximum Gasteiger partial charge on any atom is 0.238 e. The van der Waals surface area contributed by atoms with Crippen LogP contribution in [0, 0.1) is 6.92 Å². The number of ether oxygens (including phenoxy) is 1. The number of imidazole rings is 1. The van der Waals surface area contributed by atoms with Crippen molar-refractivity contribution < 1.29 is 9.53 Å². The summed E-state index contributed by atoms with van der Waals surface area (Å²) in [5, 5.41) is 11.1. The van der Waals surface area contributed by atoms with E-state index in [0.717, 1.165) is 11.1 Å². The van der Waals surface area contributed by atoms with Gasteiger partial charge in [-0.25, -0.2) is 4.98 Å². The first-order valence-corrected chi connectivity index (χ1v) is 9.11. The van der Waals surface area contributed by atoms with E-state index in [-0.39, 0.29) is 5.91 Å². The minimum absolute atomic E-state index is 0.0646. The van der Waals surface area contributed by atoms with E-state index in [9.17, 15) is 4.79 Å². The highest BCUT2D eigenvalue weighted by Gasteiger charge is 2.06. The lowest BCUT2D eigenvalue weighted by atomic mass is 10.1. The third-order valence-corrected chi connectivity index (χ3v) is 4.20. The zero-order chi connectivity index (χ0) is 20.1. The van der Waals surface area contributed by atoms with Gasteiger partial charge in [-0.2, -0.15) is 0 Å². The predicted molar refractivity (Wildman–Crippen MR) is 109 cm³/mol. The minimum atomic E-state index is -0.0646. The van der Waals surface area contributed by atoms with E-state index >= 15 is 0 Å². The predicted octanol–water partition coefficient (Wildman–Crippen LogP) is 3.94. The molecule has 1 amide bonds. The highest BCUT2D eigenvalue weighted by Crippen LogP contribution is 2.21. The van der Waals surface area contributed by atoms with Gasteiger partial charge < -0.3 is 10.1 Å². The van der Waals surface area contributed by atoms with Crippen LogP contribution >= 0.6 is 0 Å². The molecule has 144 valence electrons. The van der Waals surface area contributed by atoms with Crippen molar-refractivity contribution in [2.24, 2.45) is 0 Å². The summed E-state index contributed by atoms with van der Waals surface area (Å²) in [4.78, 5) is 16.2. The van der Waals surface area contributed by atoms with Crippen molar-refractivity contribution in [2.75, 3.05) is 5.32 Å². The van der Waals surface area contributed by atoms with Gasteiger partial charge in [-0.1, -0.05) is 29.8 Å². The molecule has 0 bridgehead atoms. The normalized spacial score (nSPS) is 10.5. The van der Waals surface area contributed by atoms with Gasteiger partial charge in [-0.15, -0.1) is 10.2 Å². The first-order valence-electron chi connectivity index (χ1n) is 9.11. The van der Waals surface area contributed by atoms with Crippen LogP contribution in [0.3, 0.4) is 0 Å². The standard InChI is InChI=1S/C22H19N5O2/c1-16-3-2-4-17(13-16)14-21(28)24-18-5-7-19(8-6-18)29-22-10-9-20(25-26-22)27-12-11-23-15-27/h2-13,15H,14H2,1H3,(H,24,28). The molecule has 1 N–H and O–H groups in total. The summed E-state index contributed by atoms with van der Waals surface area (Å²) in [6, 6.07) is 18.6. The van der Waals surface area contributed by atoms with Crippen LogP contribution in [0.4, 0.5) is 5.69 Å². The topological polar surface area (TPSA) is 81.9 Å². The molecule has 0 aliphatic carbocycles. The van der Waals surface area contributed by atoms with Gasteiger partial charge in [-0.05, 0) is 42.8 Å². The van der Waals surface area contributed by atoms with Crippen molar-refractivity contribution in [3.8, 4) is 17.4 Å². The lowest BCUT2D eigenvalue weighted by Crippen LogP contribution is -2.14. The third-order valence-electron chi connectivity index (χ3n) is 4.20. The number of hydrogen-bond acceptors (Lipinski definition) is 5. The van der Waals surface area contributed by atoms with Gasteiger partial charge in [0.15, 0.2) is 5.82 Å². The molecule has 0 atom stereocenters. The Bertz CT molecular complexity index is 1090. The van der Waals surface area contributed by atoms with Crippen LogP contribution in [-0.4, -0.2) is 25.7 Å². The largest absolute Gasteiger partial charge is 0.438 e. The summed E-state index contributed by atoms with van der Waals surface area (Å²) in [7, 11) is 0. The highest BCUT2D eigenvalue weighted by atomic mass is 16.5. The minimum Gasteiger partial charge on any atom is -0.438 e. The van der Waals surface area contributed by atoms with E-state index in [4.69, 9.17) is 4.74 Å². The Morgan fingerprint density at radius 2 is 1.93 bits per heavy atom. The number of carbonyl (C=O) groups excluding carboxylic acids is 1. The van der Waals surface area contributed by atoms with E-state index in [1.807, 2.05) is 31.2 Å². The number of nitrogens with zero attached hydrogens (tertiary/aromatic N) is 4. The van der Waals surface area contributed by atoms with Crippen LogP contribution in [-0.2, 0) is 11.2 Å². The van der Waals surface area contributed by atoms with E-state index < -0.39 is 0 Å². The van der Waals surface area contributed by atoms with Crippen molar-refractivity contribution in [1.82, 2.24) is 19.7 Å². The molecule has 0 radical (unpaired) electrons. The summed E-state index contributed by atoms with van der Waals surface area (Å²) in [6.07, 6.45) is 5.44. The second-order valence-corrected chi connectivity index (χ2v) is 6.54. The number of anilines is 1. The van der Waals surface area contributed by atoms with E-state index in [1.165, 1.54) is 0 Å². The monoisotopic (exact) mass is 385 g/mol. The molecule has 7 nitrogen and oxygen atoms in total. The van der Waals surface area contributed by atoms with Crippen LogP contribution in [0.15, 0.2) is 79.4 Å². The van der Waals surface area contributed by atoms with Gasteiger partial charge in [0.25, 0.3) is 0 Å². The fourth-order valence-electron chi connectivity index (χ4n) is 2.84. The molecular weight excluding hydrogens is 366 g/mol. The van der Waals surface area contributed by atoms with Crippen molar-refractivity contribution in [1.29, 1.82) is 0 Å². The maximum atomic E-state index is 12.2. The molecule has 4 rings (SSSR count). The molecule has 0 aliphatic heterocycles. The zero-order valence-corrected chi connectivity index (χ0v) is 15.8. The smallest absolute Gasteiger partial charge is 0.238 e.